The third-order valence-corrected chi connectivity index (χ3v) is 2.81. The smallest absolute Gasteiger partial charge is 0.277 e. The molecule has 0 saturated heterocycles. The summed E-state index contributed by atoms with van der Waals surface area (Å²) in [5.41, 5.74) is 0. The number of aliphatic hydroxyl groups is 2. The molecule has 1 saturated carbocycles. The second kappa shape index (κ2) is 4.34. The molecular formula is C6H14N2O4S. The highest BCUT2D eigenvalue weighted by atomic mass is 32.2. The highest BCUT2D eigenvalue weighted by Crippen LogP contribution is 2.19. The Labute approximate surface area is 77.1 Å². The van der Waals surface area contributed by atoms with Crippen molar-refractivity contribution in [3.05, 3.63) is 0 Å². The van der Waals surface area contributed by atoms with E-state index < -0.39 is 22.9 Å². The van der Waals surface area contributed by atoms with Gasteiger partial charge in [-0.1, -0.05) is 0 Å². The van der Waals surface area contributed by atoms with Crippen LogP contribution in [0.15, 0.2) is 0 Å². The topological polar surface area (TPSA) is 98.7 Å². The number of rotatable bonds is 6. The lowest BCUT2D eigenvalue weighted by Crippen LogP contribution is -2.42. The van der Waals surface area contributed by atoms with E-state index in [1.165, 1.54) is 0 Å². The molecule has 78 valence electrons. The van der Waals surface area contributed by atoms with Crippen LogP contribution in [0.5, 0.6) is 0 Å². The lowest BCUT2D eigenvalue weighted by molar-refractivity contribution is 0.0987. The molecule has 1 rings (SSSR count). The maximum atomic E-state index is 11.1. The van der Waals surface area contributed by atoms with Crippen LogP contribution < -0.4 is 9.44 Å². The maximum absolute atomic E-state index is 11.1. The fourth-order valence-electron chi connectivity index (χ4n) is 0.733. The number of nitrogens with one attached hydrogen (secondary N) is 2. The van der Waals surface area contributed by atoms with Crippen LogP contribution in [0.4, 0.5) is 0 Å². The van der Waals surface area contributed by atoms with Crippen molar-refractivity contribution in [2.75, 3.05) is 13.2 Å². The SMILES string of the molecule is O=S(=O)(NCC(O)CO)NC1CC1. The molecule has 1 aliphatic rings. The highest BCUT2D eigenvalue weighted by Gasteiger charge is 2.26. The molecule has 0 heterocycles. The Bertz CT molecular complexity index is 249. The predicted molar refractivity (Wildman–Crippen MR) is 46.2 cm³/mol. The van der Waals surface area contributed by atoms with Gasteiger partial charge in [-0.05, 0) is 12.8 Å². The number of hydrogen-bond acceptors (Lipinski definition) is 4. The fraction of sp³-hybridized carbons (Fsp3) is 1.00. The monoisotopic (exact) mass is 210 g/mol. The fourth-order valence-corrected chi connectivity index (χ4v) is 1.90. The zero-order valence-corrected chi connectivity index (χ0v) is 7.92. The van der Waals surface area contributed by atoms with Gasteiger partial charge in [0.25, 0.3) is 10.2 Å². The van der Waals surface area contributed by atoms with Gasteiger partial charge in [0, 0.05) is 12.6 Å². The Balaban J connectivity index is 2.24. The van der Waals surface area contributed by atoms with Crippen molar-refractivity contribution >= 4 is 10.2 Å². The maximum Gasteiger partial charge on any atom is 0.277 e. The van der Waals surface area contributed by atoms with E-state index in [0.29, 0.717) is 0 Å². The van der Waals surface area contributed by atoms with Gasteiger partial charge in [-0.3, -0.25) is 0 Å². The van der Waals surface area contributed by atoms with Crippen molar-refractivity contribution in [3.8, 4) is 0 Å². The van der Waals surface area contributed by atoms with E-state index in [2.05, 4.69) is 9.44 Å². The Kier molecular flexibility index (Phi) is 3.63. The second-order valence-corrected chi connectivity index (χ2v) is 4.61. The molecule has 0 aromatic heterocycles. The van der Waals surface area contributed by atoms with Crippen molar-refractivity contribution in [1.82, 2.24) is 9.44 Å². The van der Waals surface area contributed by atoms with E-state index in [1.807, 2.05) is 0 Å². The first kappa shape index (κ1) is 10.9. The van der Waals surface area contributed by atoms with Crippen LogP contribution in [0.3, 0.4) is 0 Å². The molecular weight excluding hydrogens is 196 g/mol. The van der Waals surface area contributed by atoms with Gasteiger partial charge in [-0.2, -0.15) is 17.9 Å². The Morgan fingerprint density at radius 1 is 1.46 bits per heavy atom. The Hall–Kier alpha value is -0.210. The molecule has 7 heteroatoms. The van der Waals surface area contributed by atoms with E-state index in [0.717, 1.165) is 12.8 Å². The molecule has 1 aliphatic carbocycles. The third kappa shape index (κ3) is 4.53. The number of aliphatic hydroxyl groups excluding tert-OH is 2. The zero-order valence-electron chi connectivity index (χ0n) is 7.10. The molecule has 4 N–H and O–H groups in total. The van der Waals surface area contributed by atoms with Crippen molar-refractivity contribution in [1.29, 1.82) is 0 Å². The van der Waals surface area contributed by atoms with Crippen LogP contribution in [-0.2, 0) is 10.2 Å². The zero-order chi connectivity index (χ0) is 9.90. The van der Waals surface area contributed by atoms with Gasteiger partial charge in [0.15, 0.2) is 0 Å². The predicted octanol–water partition coefficient (Wildman–Crippen LogP) is -2.07. The van der Waals surface area contributed by atoms with Crippen LogP contribution in [-0.4, -0.2) is 43.9 Å². The summed E-state index contributed by atoms with van der Waals surface area (Å²) in [5, 5.41) is 17.3. The minimum Gasteiger partial charge on any atom is -0.394 e. The molecule has 1 fully saturated rings. The standard InChI is InChI=1S/C6H14N2O4S/c9-4-6(10)3-7-13(11,12)8-5-1-2-5/h5-10H,1-4H2. The van der Waals surface area contributed by atoms with Crippen LogP contribution in [0.25, 0.3) is 0 Å². The summed E-state index contributed by atoms with van der Waals surface area (Å²) in [6.07, 6.45) is 0.684. The highest BCUT2D eigenvalue weighted by molar-refractivity contribution is 7.87. The first-order valence-corrected chi connectivity index (χ1v) is 5.57. The van der Waals surface area contributed by atoms with Crippen molar-refractivity contribution < 1.29 is 18.6 Å². The van der Waals surface area contributed by atoms with Gasteiger partial charge < -0.3 is 10.2 Å². The van der Waals surface area contributed by atoms with E-state index >= 15 is 0 Å². The van der Waals surface area contributed by atoms with Crippen LogP contribution >= 0.6 is 0 Å². The second-order valence-electron chi connectivity index (χ2n) is 3.08. The Morgan fingerprint density at radius 3 is 2.54 bits per heavy atom. The average molecular weight is 210 g/mol. The summed E-state index contributed by atoms with van der Waals surface area (Å²) in [4.78, 5) is 0. The summed E-state index contributed by atoms with van der Waals surface area (Å²) in [6.45, 7) is -0.621. The van der Waals surface area contributed by atoms with Gasteiger partial charge in [0.05, 0.1) is 12.7 Å². The largest absolute Gasteiger partial charge is 0.394 e. The molecule has 0 aromatic rings. The van der Waals surface area contributed by atoms with Gasteiger partial charge >= 0.3 is 0 Å². The van der Waals surface area contributed by atoms with Crippen molar-refractivity contribution in [2.24, 2.45) is 0 Å². The summed E-state index contributed by atoms with van der Waals surface area (Å²) in [7, 11) is -3.49. The third-order valence-electron chi connectivity index (χ3n) is 1.62. The van der Waals surface area contributed by atoms with Crippen LogP contribution in [0, 0.1) is 0 Å². The molecule has 0 aromatic carbocycles. The minimum atomic E-state index is -3.49. The molecule has 0 spiro atoms. The number of hydrogen-bond donors (Lipinski definition) is 4. The lowest BCUT2D eigenvalue weighted by atomic mass is 10.4. The first-order chi connectivity index (χ1) is 6.03. The van der Waals surface area contributed by atoms with Crippen molar-refractivity contribution in [3.63, 3.8) is 0 Å². The normalized spacial score (nSPS) is 20.2. The Morgan fingerprint density at radius 2 is 2.08 bits per heavy atom. The molecule has 0 bridgehead atoms. The molecule has 1 unspecified atom stereocenters. The first-order valence-electron chi connectivity index (χ1n) is 4.09. The quantitative estimate of drug-likeness (QED) is 0.404. The van der Waals surface area contributed by atoms with E-state index in [1.54, 1.807) is 0 Å². The van der Waals surface area contributed by atoms with Gasteiger partial charge in [-0.15, -0.1) is 0 Å². The van der Waals surface area contributed by atoms with Gasteiger partial charge in [0.1, 0.15) is 0 Å². The summed E-state index contributed by atoms with van der Waals surface area (Å²) in [5.74, 6) is 0. The van der Waals surface area contributed by atoms with E-state index in [4.69, 9.17) is 10.2 Å². The van der Waals surface area contributed by atoms with Crippen molar-refractivity contribution in [2.45, 2.75) is 25.0 Å². The molecule has 6 nitrogen and oxygen atoms in total. The summed E-state index contributed by atoms with van der Waals surface area (Å²) >= 11 is 0. The molecule has 1 atom stereocenters. The molecule has 0 amide bonds. The van der Waals surface area contributed by atoms with Crippen LogP contribution in [0.1, 0.15) is 12.8 Å². The summed E-state index contributed by atoms with van der Waals surface area (Å²) < 4.78 is 26.7. The molecule has 0 aliphatic heterocycles. The minimum absolute atomic E-state index is 0.0452. The lowest BCUT2D eigenvalue weighted by Gasteiger charge is -2.09. The van der Waals surface area contributed by atoms with Gasteiger partial charge in [0.2, 0.25) is 0 Å². The molecule has 13 heavy (non-hydrogen) atoms. The van der Waals surface area contributed by atoms with Crippen LogP contribution in [0.2, 0.25) is 0 Å². The average Bonchev–Trinajstić information content (AvgIpc) is 2.83. The summed E-state index contributed by atoms with van der Waals surface area (Å²) in [6, 6.07) is 0.0452. The van der Waals surface area contributed by atoms with E-state index in [-0.39, 0.29) is 12.6 Å². The van der Waals surface area contributed by atoms with Gasteiger partial charge in [-0.25, -0.2) is 0 Å². The molecule has 0 radical (unpaired) electrons. The van der Waals surface area contributed by atoms with E-state index in [9.17, 15) is 8.42 Å².